The summed E-state index contributed by atoms with van der Waals surface area (Å²) < 4.78 is 13.5. The first-order chi connectivity index (χ1) is 14.9. The molecule has 4 nitrogen and oxygen atoms in total. The standard InChI is InChI=1S/C27H40N2O2/c1-7-17-27(18-8-2)30-25(19-28(5)23-13-9-21(3)10-14-23)26(31-27)20-29(6)24-15-11-22(4)12-16-24/h9-16,25-26H,7-8,17-20H2,1-6H3/p+2/t25-,26-/m0/s1. The Kier molecular flexibility index (Phi) is 8.29. The van der Waals surface area contributed by atoms with Crippen molar-refractivity contribution in [3.05, 3.63) is 59.7 Å². The number of aryl methyl sites for hydroxylation is 2. The summed E-state index contributed by atoms with van der Waals surface area (Å²) in [7, 11) is 4.47. The summed E-state index contributed by atoms with van der Waals surface area (Å²) >= 11 is 0. The van der Waals surface area contributed by atoms with Crippen LogP contribution in [0.3, 0.4) is 0 Å². The molecule has 170 valence electrons. The Hall–Kier alpha value is -1.72. The van der Waals surface area contributed by atoms with Gasteiger partial charge >= 0.3 is 0 Å². The van der Waals surface area contributed by atoms with Gasteiger partial charge in [-0.25, -0.2) is 0 Å². The van der Waals surface area contributed by atoms with Gasteiger partial charge in [0.15, 0.2) is 5.79 Å². The number of nitrogens with one attached hydrogen (secondary N) is 2. The lowest BCUT2D eigenvalue weighted by Crippen LogP contribution is -3.07. The molecule has 3 rings (SSSR count). The van der Waals surface area contributed by atoms with Crippen molar-refractivity contribution in [2.45, 2.75) is 71.4 Å². The minimum Gasteiger partial charge on any atom is -0.338 e. The number of hydrogen-bond acceptors (Lipinski definition) is 2. The Morgan fingerprint density at radius 3 is 1.35 bits per heavy atom. The number of hydrogen-bond donors (Lipinski definition) is 2. The largest absolute Gasteiger partial charge is 0.338 e. The molecule has 0 aromatic heterocycles. The van der Waals surface area contributed by atoms with Crippen molar-refractivity contribution in [2.75, 3.05) is 27.2 Å². The van der Waals surface area contributed by atoms with E-state index < -0.39 is 5.79 Å². The van der Waals surface area contributed by atoms with E-state index in [0.29, 0.717) is 0 Å². The normalized spacial score (nSPS) is 22.4. The Labute approximate surface area is 189 Å². The molecular formula is C27H42N2O2+2. The smallest absolute Gasteiger partial charge is 0.169 e. The zero-order valence-corrected chi connectivity index (χ0v) is 20.3. The number of quaternary nitrogens is 2. The molecule has 2 N–H and O–H groups in total. The molecule has 0 amide bonds. The third kappa shape index (κ3) is 6.17. The molecule has 1 aliphatic rings. The van der Waals surface area contributed by atoms with Crippen molar-refractivity contribution in [1.82, 2.24) is 0 Å². The first-order valence-electron chi connectivity index (χ1n) is 12.0. The second-order valence-corrected chi connectivity index (χ2v) is 9.42. The summed E-state index contributed by atoms with van der Waals surface area (Å²) in [5.74, 6) is -0.431. The fraction of sp³-hybridized carbons (Fsp3) is 0.556. The fourth-order valence-electron chi connectivity index (χ4n) is 4.72. The molecule has 2 aromatic rings. The lowest BCUT2D eigenvalue weighted by molar-refractivity contribution is -0.823. The van der Waals surface area contributed by atoms with E-state index in [9.17, 15) is 0 Å². The molecule has 4 heteroatoms. The van der Waals surface area contributed by atoms with E-state index in [1.807, 2.05) is 0 Å². The van der Waals surface area contributed by atoms with Gasteiger partial charge in [-0.05, 0) is 38.1 Å². The van der Waals surface area contributed by atoms with E-state index in [1.54, 1.807) is 0 Å². The summed E-state index contributed by atoms with van der Waals surface area (Å²) in [6.07, 6.45) is 4.23. The zero-order valence-electron chi connectivity index (χ0n) is 20.3. The van der Waals surface area contributed by atoms with E-state index in [-0.39, 0.29) is 12.2 Å². The average Bonchev–Trinajstić information content (AvgIpc) is 3.05. The molecule has 1 heterocycles. The van der Waals surface area contributed by atoms with Crippen LogP contribution in [0.5, 0.6) is 0 Å². The molecule has 2 aromatic carbocycles. The van der Waals surface area contributed by atoms with Crippen molar-refractivity contribution < 1.29 is 19.3 Å². The van der Waals surface area contributed by atoms with Crippen molar-refractivity contribution in [1.29, 1.82) is 0 Å². The minimum atomic E-state index is -0.431. The Balaban J connectivity index is 1.78. The van der Waals surface area contributed by atoms with Gasteiger partial charge in [0.05, 0.1) is 14.1 Å². The number of benzene rings is 2. The molecule has 1 fully saturated rings. The van der Waals surface area contributed by atoms with E-state index in [2.05, 4.69) is 90.3 Å². The lowest BCUT2D eigenvalue weighted by atomic mass is 10.1. The molecule has 0 saturated carbocycles. The third-order valence-electron chi connectivity index (χ3n) is 6.51. The maximum atomic E-state index is 6.76. The molecule has 0 aliphatic carbocycles. The SMILES string of the molecule is CCCC1(CCC)O[C@@H](C[NH+](C)c2ccc(C)cc2)[C@H](C[NH+](C)c2ccc(C)cc2)O1. The van der Waals surface area contributed by atoms with Crippen LogP contribution in [0, 0.1) is 13.8 Å². The maximum Gasteiger partial charge on any atom is 0.169 e. The Bertz CT molecular complexity index is 733. The molecule has 0 bridgehead atoms. The highest BCUT2D eigenvalue weighted by molar-refractivity contribution is 5.32. The molecule has 1 saturated heterocycles. The van der Waals surface area contributed by atoms with E-state index in [0.717, 1.165) is 38.8 Å². The van der Waals surface area contributed by atoms with Crippen LogP contribution in [0.1, 0.15) is 50.7 Å². The van der Waals surface area contributed by atoms with Gasteiger partial charge in [-0.15, -0.1) is 0 Å². The van der Waals surface area contributed by atoms with Crippen LogP contribution < -0.4 is 9.80 Å². The molecule has 0 spiro atoms. The number of ether oxygens (including phenoxy) is 2. The fourth-order valence-corrected chi connectivity index (χ4v) is 4.72. The Morgan fingerprint density at radius 2 is 1.03 bits per heavy atom. The van der Waals surface area contributed by atoms with Crippen molar-refractivity contribution in [2.24, 2.45) is 0 Å². The van der Waals surface area contributed by atoms with Crippen molar-refractivity contribution in [3.63, 3.8) is 0 Å². The topological polar surface area (TPSA) is 27.3 Å². The van der Waals surface area contributed by atoms with Gasteiger partial charge in [-0.3, -0.25) is 0 Å². The van der Waals surface area contributed by atoms with Crippen LogP contribution in [0.2, 0.25) is 0 Å². The molecule has 1 aliphatic heterocycles. The van der Waals surface area contributed by atoms with Crippen LogP contribution in [0.15, 0.2) is 48.5 Å². The van der Waals surface area contributed by atoms with Crippen molar-refractivity contribution in [3.8, 4) is 0 Å². The quantitative estimate of drug-likeness (QED) is 0.610. The molecule has 4 atom stereocenters. The van der Waals surface area contributed by atoms with Gasteiger partial charge in [0, 0.05) is 12.8 Å². The van der Waals surface area contributed by atoms with E-state index in [4.69, 9.17) is 9.47 Å². The zero-order chi connectivity index (χ0) is 22.4. The average molecular weight is 427 g/mol. The van der Waals surface area contributed by atoms with Gasteiger partial charge in [0.25, 0.3) is 0 Å². The highest BCUT2D eigenvalue weighted by Gasteiger charge is 2.49. The Morgan fingerprint density at radius 1 is 0.677 bits per heavy atom. The van der Waals surface area contributed by atoms with Crippen LogP contribution >= 0.6 is 0 Å². The lowest BCUT2D eigenvalue weighted by Gasteiger charge is -2.27. The maximum absolute atomic E-state index is 6.76. The van der Waals surface area contributed by atoms with Crippen LogP contribution in [-0.4, -0.2) is 45.2 Å². The summed E-state index contributed by atoms with van der Waals surface area (Å²) in [5, 5.41) is 0. The van der Waals surface area contributed by atoms with Gasteiger partial charge < -0.3 is 19.3 Å². The summed E-state index contributed by atoms with van der Waals surface area (Å²) in [6.45, 7) is 10.5. The first kappa shape index (κ1) is 23.9. The predicted molar refractivity (Wildman–Crippen MR) is 127 cm³/mol. The minimum absolute atomic E-state index is 0.0831. The number of likely N-dealkylation sites (N-methyl/N-ethyl adjacent to an activating group) is 2. The van der Waals surface area contributed by atoms with Gasteiger partial charge in [-0.1, -0.05) is 62.1 Å². The summed E-state index contributed by atoms with van der Waals surface area (Å²) in [6, 6.07) is 17.7. The van der Waals surface area contributed by atoms with Gasteiger partial charge in [-0.2, -0.15) is 0 Å². The van der Waals surface area contributed by atoms with Gasteiger partial charge in [0.2, 0.25) is 0 Å². The molecule has 0 radical (unpaired) electrons. The molecule has 2 unspecified atom stereocenters. The molecule has 31 heavy (non-hydrogen) atoms. The van der Waals surface area contributed by atoms with Crippen LogP contribution in [0.25, 0.3) is 0 Å². The van der Waals surface area contributed by atoms with E-state index in [1.165, 1.54) is 32.3 Å². The van der Waals surface area contributed by atoms with Crippen LogP contribution in [0.4, 0.5) is 11.4 Å². The highest BCUT2D eigenvalue weighted by atomic mass is 16.8. The number of rotatable bonds is 10. The first-order valence-corrected chi connectivity index (χ1v) is 12.0. The van der Waals surface area contributed by atoms with Crippen molar-refractivity contribution >= 4 is 11.4 Å². The second-order valence-electron chi connectivity index (χ2n) is 9.42. The highest BCUT2D eigenvalue weighted by Crippen LogP contribution is 2.36. The van der Waals surface area contributed by atoms with Gasteiger partial charge in [0.1, 0.15) is 36.7 Å². The second kappa shape index (κ2) is 10.7. The van der Waals surface area contributed by atoms with E-state index >= 15 is 0 Å². The van der Waals surface area contributed by atoms with Crippen LogP contribution in [-0.2, 0) is 9.47 Å². The summed E-state index contributed by atoms with van der Waals surface area (Å²) in [4.78, 5) is 2.74. The predicted octanol–water partition coefficient (Wildman–Crippen LogP) is 3.38. The molecular weight excluding hydrogens is 384 g/mol. The monoisotopic (exact) mass is 426 g/mol. The summed E-state index contributed by atoms with van der Waals surface area (Å²) in [5.41, 5.74) is 5.19. The third-order valence-corrected chi connectivity index (χ3v) is 6.51.